The number of nitrogens with zero attached hydrogens (tertiary/aromatic N) is 3. The molecule has 0 saturated heterocycles. The number of ether oxygens (including phenoxy) is 2. The standard InChI is InChI=1S/C17H15N3O3/c1-22-17(21)16-14(10-18-15-7-8-19-20(15)16)23-13-4-2-3-12(9-13)11-5-6-11/h2-4,7-11H,5-6H2,1H3. The van der Waals surface area contributed by atoms with Crippen LogP contribution in [0.2, 0.25) is 0 Å². The summed E-state index contributed by atoms with van der Waals surface area (Å²) in [4.78, 5) is 16.4. The van der Waals surface area contributed by atoms with Gasteiger partial charge in [-0.05, 0) is 36.5 Å². The molecule has 0 atom stereocenters. The van der Waals surface area contributed by atoms with Crippen molar-refractivity contribution in [1.29, 1.82) is 0 Å². The van der Waals surface area contributed by atoms with Crippen molar-refractivity contribution in [2.24, 2.45) is 0 Å². The smallest absolute Gasteiger partial charge is 0.360 e. The van der Waals surface area contributed by atoms with Crippen LogP contribution in [-0.4, -0.2) is 27.7 Å². The lowest BCUT2D eigenvalue weighted by atomic mass is 10.1. The molecule has 2 aromatic heterocycles. The van der Waals surface area contributed by atoms with Crippen molar-refractivity contribution < 1.29 is 14.3 Å². The van der Waals surface area contributed by atoms with E-state index < -0.39 is 5.97 Å². The molecule has 1 aliphatic carbocycles. The number of fused-ring (bicyclic) bond motifs is 1. The Hall–Kier alpha value is -2.89. The van der Waals surface area contributed by atoms with Crippen LogP contribution < -0.4 is 4.74 Å². The van der Waals surface area contributed by atoms with Crippen molar-refractivity contribution in [3.05, 3.63) is 54.0 Å². The minimum absolute atomic E-state index is 0.222. The molecule has 0 amide bonds. The van der Waals surface area contributed by atoms with E-state index in [4.69, 9.17) is 9.47 Å². The van der Waals surface area contributed by atoms with Crippen LogP contribution in [0.5, 0.6) is 11.5 Å². The van der Waals surface area contributed by atoms with E-state index >= 15 is 0 Å². The number of carbonyl (C=O) groups excluding carboxylic acids is 1. The van der Waals surface area contributed by atoms with Gasteiger partial charge in [-0.1, -0.05) is 12.1 Å². The lowest BCUT2D eigenvalue weighted by Gasteiger charge is -2.11. The van der Waals surface area contributed by atoms with E-state index in [1.54, 1.807) is 12.3 Å². The largest absolute Gasteiger partial charge is 0.464 e. The lowest BCUT2D eigenvalue weighted by molar-refractivity contribution is 0.0587. The van der Waals surface area contributed by atoms with E-state index in [-0.39, 0.29) is 5.69 Å². The zero-order valence-electron chi connectivity index (χ0n) is 12.6. The number of methoxy groups -OCH3 is 1. The molecule has 3 aromatic rings. The maximum atomic E-state index is 12.1. The van der Waals surface area contributed by atoms with Gasteiger partial charge in [-0.3, -0.25) is 0 Å². The molecule has 0 unspecified atom stereocenters. The SMILES string of the molecule is COC(=O)c1c(Oc2cccc(C3CC3)c2)cnc2ccnn12. The zero-order chi connectivity index (χ0) is 15.8. The Morgan fingerprint density at radius 2 is 2.17 bits per heavy atom. The number of esters is 1. The van der Waals surface area contributed by atoms with Crippen molar-refractivity contribution in [2.75, 3.05) is 7.11 Å². The summed E-state index contributed by atoms with van der Waals surface area (Å²) in [6, 6.07) is 9.64. The second-order valence-corrected chi connectivity index (χ2v) is 5.51. The molecule has 2 heterocycles. The van der Waals surface area contributed by atoms with Gasteiger partial charge in [0.25, 0.3) is 0 Å². The highest BCUT2D eigenvalue weighted by molar-refractivity contribution is 5.91. The Balaban J connectivity index is 1.76. The molecule has 6 nitrogen and oxygen atoms in total. The van der Waals surface area contributed by atoms with Gasteiger partial charge in [-0.25, -0.2) is 14.3 Å². The molecule has 1 saturated carbocycles. The normalized spacial score (nSPS) is 14.0. The van der Waals surface area contributed by atoms with Gasteiger partial charge in [-0.15, -0.1) is 0 Å². The first-order valence-corrected chi connectivity index (χ1v) is 7.45. The predicted octanol–water partition coefficient (Wildman–Crippen LogP) is 3.19. The van der Waals surface area contributed by atoms with Crippen molar-refractivity contribution >= 4 is 11.6 Å². The van der Waals surface area contributed by atoms with Gasteiger partial charge in [0, 0.05) is 6.07 Å². The maximum absolute atomic E-state index is 12.1. The van der Waals surface area contributed by atoms with Gasteiger partial charge >= 0.3 is 5.97 Å². The van der Waals surface area contributed by atoms with Gasteiger partial charge in [0.15, 0.2) is 17.1 Å². The monoisotopic (exact) mass is 309 g/mol. The first-order chi connectivity index (χ1) is 11.3. The van der Waals surface area contributed by atoms with Crippen molar-refractivity contribution in [2.45, 2.75) is 18.8 Å². The average Bonchev–Trinajstić information content (AvgIpc) is 3.32. The van der Waals surface area contributed by atoms with E-state index in [1.165, 1.54) is 36.2 Å². The van der Waals surface area contributed by atoms with Crippen LogP contribution in [0.1, 0.15) is 34.8 Å². The van der Waals surface area contributed by atoms with E-state index in [2.05, 4.69) is 16.1 Å². The minimum Gasteiger partial charge on any atom is -0.464 e. The highest BCUT2D eigenvalue weighted by Gasteiger charge is 2.24. The summed E-state index contributed by atoms with van der Waals surface area (Å²) >= 11 is 0. The minimum atomic E-state index is -0.519. The second-order valence-electron chi connectivity index (χ2n) is 5.51. The predicted molar refractivity (Wildman–Crippen MR) is 82.8 cm³/mol. The number of carbonyl (C=O) groups is 1. The molecule has 0 aliphatic heterocycles. The fourth-order valence-corrected chi connectivity index (χ4v) is 2.59. The molecule has 0 bridgehead atoms. The van der Waals surface area contributed by atoms with E-state index in [0.717, 1.165) is 0 Å². The summed E-state index contributed by atoms with van der Waals surface area (Å²) in [5.41, 5.74) is 2.04. The van der Waals surface area contributed by atoms with Crippen LogP contribution in [0.3, 0.4) is 0 Å². The molecule has 1 fully saturated rings. The highest BCUT2D eigenvalue weighted by Crippen LogP contribution is 2.41. The van der Waals surface area contributed by atoms with Gasteiger partial charge in [0.05, 0.1) is 19.5 Å². The number of hydrogen-bond donors (Lipinski definition) is 0. The number of aromatic nitrogens is 3. The third-order valence-electron chi connectivity index (χ3n) is 3.90. The van der Waals surface area contributed by atoms with Gasteiger partial charge in [0.2, 0.25) is 0 Å². The molecular weight excluding hydrogens is 294 g/mol. The maximum Gasteiger partial charge on any atom is 0.360 e. The van der Waals surface area contributed by atoms with E-state index in [0.29, 0.717) is 23.1 Å². The topological polar surface area (TPSA) is 65.7 Å². The van der Waals surface area contributed by atoms with Crippen LogP contribution >= 0.6 is 0 Å². The van der Waals surface area contributed by atoms with Crippen LogP contribution in [0.25, 0.3) is 5.65 Å². The molecule has 23 heavy (non-hydrogen) atoms. The van der Waals surface area contributed by atoms with E-state index in [9.17, 15) is 4.79 Å². The quantitative estimate of drug-likeness (QED) is 0.692. The molecule has 1 aromatic carbocycles. The fourth-order valence-electron chi connectivity index (χ4n) is 2.59. The van der Waals surface area contributed by atoms with E-state index in [1.807, 2.05) is 18.2 Å². The summed E-state index contributed by atoms with van der Waals surface area (Å²) in [7, 11) is 1.33. The van der Waals surface area contributed by atoms with Gasteiger partial charge < -0.3 is 9.47 Å². The third kappa shape index (κ3) is 2.52. The Morgan fingerprint density at radius 3 is 2.96 bits per heavy atom. The van der Waals surface area contributed by atoms with Crippen molar-refractivity contribution in [3.8, 4) is 11.5 Å². The number of rotatable bonds is 4. The zero-order valence-corrected chi connectivity index (χ0v) is 12.6. The van der Waals surface area contributed by atoms with Crippen molar-refractivity contribution in [1.82, 2.24) is 14.6 Å². The molecule has 0 radical (unpaired) electrons. The summed E-state index contributed by atoms with van der Waals surface area (Å²) < 4.78 is 12.2. The van der Waals surface area contributed by atoms with Crippen LogP contribution in [-0.2, 0) is 4.74 Å². The molecule has 0 N–H and O–H groups in total. The fraction of sp³-hybridized carbons (Fsp3) is 0.235. The second kappa shape index (κ2) is 5.39. The van der Waals surface area contributed by atoms with Crippen LogP contribution in [0.4, 0.5) is 0 Å². The highest BCUT2D eigenvalue weighted by atomic mass is 16.5. The Labute approximate surface area is 132 Å². The Kier molecular flexibility index (Phi) is 3.22. The molecule has 116 valence electrons. The average molecular weight is 309 g/mol. The number of hydrogen-bond acceptors (Lipinski definition) is 5. The summed E-state index contributed by atoms with van der Waals surface area (Å²) in [6.45, 7) is 0. The van der Waals surface area contributed by atoms with Crippen LogP contribution in [0, 0.1) is 0 Å². The first-order valence-electron chi connectivity index (χ1n) is 7.45. The van der Waals surface area contributed by atoms with Crippen LogP contribution in [0.15, 0.2) is 42.7 Å². The summed E-state index contributed by atoms with van der Waals surface area (Å²) in [6.07, 6.45) is 5.54. The third-order valence-corrected chi connectivity index (χ3v) is 3.90. The molecule has 4 rings (SSSR count). The molecule has 1 aliphatic rings. The molecule has 6 heteroatoms. The summed E-state index contributed by atoms with van der Waals surface area (Å²) in [5.74, 6) is 1.11. The van der Waals surface area contributed by atoms with Gasteiger partial charge in [-0.2, -0.15) is 5.10 Å². The van der Waals surface area contributed by atoms with Crippen molar-refractivity contribution in [3.63, 3.8) is 0 Å². The molecular formula is C17H15N3O3. The number of benzene rings is 1. The lowest BCUT2D eigenvalue weighted by Crippen LogP contribution is -2.12. The van der Waals surface area contributed by atoms with Gasteiger partial charge in [0.1, 0.15) is 5.75 Å². The summed E-state index contributed by atoms with van der Waals surface area (Å²) in [5, 5.41) is 4.12. The Morgan fingerprint density at radius 1 is 1.30 bits per heavy atom. The first kappa shape index (κ1) is 13.8. The Bertz CT molecular complexity index is 884. The molecule has 0 spiro atoms.